The van der Waals surface area contributed by atoms with Crippen molar-refractivity contribution in [3.05, 3.63) is 65.9 Å². The molecule has 0 saturated heterocycles. The third-order valence-electron chi connectivity index (χ3n) is 5.00. The van der Waals surface area contributed by atoms with Crippen LogP contribution in [0, 0.1) is 5.41 Å². The molecule has 0 radical (unpaired) electrons. The minimum absolute atomic E-state index is 0.00492. The van der Waals surface area contributed by atoms with Crippen LogP contribution in [-0.4, -0.2) is 31.2 Å². The Kier molecular flexibility index (Phi) is 5.84. The summed E-state index contributed by atoms with van der Waals surface area (Å²) < 4.78 is 41.8. The van der Waals surface area contributed by atoms with Crippen molar-refractivity contribution in [2.75, 3.05) is 11.9 Å². The Morgan fingerprint density at radius 3 is 2.48 bits per heavy atom. The van der Waals surface area contributed by atoms with Crippen LogP contribution in [0.3, 0.4) is 0 Å². The SMILES string of the molecule is CC(C)(C)CNc1nccc(-n2c(-c3cccc(C(F)(F)F)c3)nc3cc(CO)ccc32)n1. The first-order valence-electron chi connectivity index (χ1n) is 10.4. The lowest BCUT2D eigenvalue weighted by atomic mass is 9.97. The molecule has 172 valence electrons. The average molecular weight is 455 g/mol. The fourth-order valence-electron chi connectivity index (χ4n) is 3.39. The molecule has 0 fully saturated rings. The van der Waals surface area contributed by atoms with E-state index in [9.17, 15) is 18.3 Å². The van der Waals surface area contributed by atoms with Gasteiger partial charge in [0.15, 0.2) is 0 Å². The summed E-state index contributed by atoms with van der Waals surface area (Å²) >= 11 is 0. The first-order valence-corrected chi connectivity index (χ1v) is 10.4. The van der Waals surface area contributed by atoms with E-state index in [0.29, 0.717) is 46.3 Å². The van der Waals surface area contributed by atoms with Gasteiger partial charge < -0.3 is 10.4 Å². The number of aromatic nitrogens is 4. The fraction of sp³-hybridized carbons (Fsp3) is 0.292. The maximum Gasteiger partial charge on any atom is 0.416 e. The van der Waals surface area contributed by atoms with Crippen LogP contribution in [0.1, 0.15) is 31.9 Å². The molecule has 4 rings (SSSR count). The number of fused-ring (bicyclic) bond motifs is 1. The standard InChI is InChI=1S/C24H24F3N5O/c1-23(2,3)14-29-22-28-10-9-20(31-22)32-19-8-7-15(13-33)11-18(19)30-21(32)16-5-4-6-17(12-16)24(25,26)27/h4-12,33H,13-14H2,1-3H3,(H,28,29,31). The Hall–Kier alpha value is -3.46. The number of imidazole rings is 1. The van der Waals surface area contributed by atoms with E-state index in [1.165, 1.54) is 6.07 Å². The largest absolute Gasteiger partial charge is 0.416 e. The highest BCUT2D eigenvalue weighted by Crippen LogP contribution is 2.34. The second-order valence-electron chi connectivity index (χ2n) is 8.98. The predicted molar refractivity (Wildman–Crippen MR) is 121 cm³/mol. The van der Waals surface area contributed by atoms with Crippen molar-refractivity contribution in [2.45, 2.75) is 33.6 Å². The molecule has 2 heterocycles. The van der Waals surface area contributed by atoms with Gasteiger partial charge in [0.2, 0.25) is 5.95 Å². The first kappa shape index (κ1) is 22.7. The van der Waals surface area contributed by atoms with E-state index in [4.69, 9.17) is 0 Å². The fourth-order valence-corrected chi connectivity index (χ4v) is 3.39. The van der Waals surface area contributed by atoms with Crippen LogP contribution >= 0.6 is 0 Å². The summed E-state index contributed by atoms with van der Waals surface area (Å²) in [5.74, 6) is 1.19. The molecule has 0 saturated carbocycles. The summed E-state index contributed by atoms with van der Waals surface area (Å²) in [6.07, 6.45) is -2.88. The third-order valence-corrected chi connectivity index (χ3v) is 5.00. The minimum atomic E-state index is -4.48. The van der Waals surface area contributed by atoms with Crippen LogP contribution in [0.15, 0.2) is 54.7 Å². The quantitative estimate of drug-likeness (QED) is 0.418. The number of anilines is 1. The first-order chi connectivity index (χ1) is 15.5. The predicted octanol–water partition coefficient (Wildman–Crippen LogP) is 5.45. The minimum Gasteiger partial charge on any atom is -0.392 e. The monoisotopic (exact) mass is 455 g/mol. The summed E-state index contributed by atoms with van der Waals surface area (Å²) in [4.78, 5) is 13.5. The number of hydrogen-bond donors (Lipinski definition) is 2. The maximum absolute atomic E-state index is 13.4. The number of nitrogens with one attached hydrogen (secondary N) is 1. The van der Waals surface area contributed by atoms with E-state index in [2.05, 4.69) is 41.0 Å². The van der Waals surface area contributed by atoms with E-state index in [-0.39, 0.29) is 12.0 Å². The molecule has 6 nitrogen and oxygen atoms in total. The van der Waals surface area contributed by atoms with Gasteiger partial charge in [-0.1, -0.05) is 39.0 Å². The summed E-state index contributed by atoms with van der Waals surface area (Å²) in [6.45, 7) is 6.71. The van der Waals surface area contributed by atoms with Gasteiger partial charge in [-0.25, -0.2) is 9.97 Å². The van der Waals surface area contributed by atoms with E-state index in [0.717, 1.165) is 12.1 Å². The van der Waals surface area contributed by atoms with Crippen LogP contribution in [0.25, 0.3) is 28.2 Å². The number of rotatable bonds is 5. The van der Waals surface area contributed by atoms with Gasteiger partial charge in [-0.15, -0.1) is 0 Å². The van der Waals surface area contributed by atoms with Gasteiger partial charge in [0, 0.05) is 18.3 Å². The number of benzene rings is 2. The summed E-state index contributed by atoms with van der Waals surface area (Å²) in [5, 5.41) is 12.7. The number of hydrogen-bond acceptors (Lipinski definition) is 5. The van der Waals surface area contributed by atoms with E-state index >= 15 is 0 Å². The van der Waals surface area contributed by atoms with E-state index in [1.54, 1.807) is 41.1 Å². The van der Waals surface area contributed by atoms with Crippen molar-refractivity contribution in [1.82, 2.24) is 19.5 Å². The van der Waals surface area contributed by atoms with Gasteiger partial charge in [0.1, 0.15) is 11.6 Å². The lowest BCUT2D eigenvalue weighted by molar-refractivity contribution is -0.137. The Balaban J connectivity index is 1.89. The lowest BCUT2D eigenvalue weighted by Gasteiger charge is -2.19. The molecule has 33 heavy (non-hydrogen) atoms. The van der Waals surface area contributed by atoms with Gasteiger partial charge in [-0.2, -0.15) is 18.2 Å². The van der Waals surface area contributed by atoms with Crippen molar-refractivity contribution in [2.24, 2.45) is 5.41 Å². The van der Waals surface area contributed by atoms with Gasteiger partial charge in [-0.05, 0) is 41.3 Å². The zero-order valence-corrected chi connectivity index (χ0v) is 18.5. The van der Waals surface area contributed by atoms with Crippen LogP contribution in [0.5, 0.6) is 0 Å². The maximum atomic E-state index is 13.4. The van der Waals surface area contributed by atoms with Crippen LogP contribution in [-0.2, 0) is 12.8 Å². The van der Waals surface area contributed by atoms with Gasteiger partial charge in [0.05, 0.1) is 23.2 Å². The van der Waals surface area contributed by atoms with Gasteiger partial charge in [-0.3, -0.25) is 4.57 Å². The van der Waals surface area contributed by atoms with Gasteiger partial charge in [0.25, 0.3) is 0 Å². The van der Waals surface area contributed by atoms with Crippen LogP contribution in [0.4, 0.5) is 19.1 Å². The third kappa shape index (κ3) is 4.98. The molecule has 9 heteroatoms. The number of alkyl halides is 3. The molecule has 0 unspecified atom stereocenters. The lowest BCUT2D eigenvalue weighted by Crippen LogP contribution is -2.20. The highest BCUT2D eigenvalue weighted by atomic mass is 19.4. The zero-order chi connectivity index (χ0) is 23.8. The van der Waals surface area contributed by atoms with Gasteiger partial charge >= 0.3 is 6.18 Å². The molecule has 0 aliphatic carbocycles. The van der Waals surface area contributed by atoms with Crippen molar-refractivity contribution in [3.8, 4) is 17.2 Å². The van der Waals surface area contributed by atoms with Crippen LogP contribution in [0.2, 0.25) is 0 Å². The molecular weight excluding hydrogens is 431 g/mol. The molecule has 0 bridgehead atoms. The highest BCUT2D eigenvalue weighted by molar-refractivity contribution is 5.83. The van der Waals surface area contributed by atoms with Crippen molar-refractivity contribution >= 4 is 17.0 Å². The Labute approximate surface area is 189 Å². The Morgan fingerprint density at radius 1 is 1.00 bits per heavy atom. The summed E-state index contributed by atoms with van der Waals surface area (Å²) in [7, 11) is 0. The Bertz CT molecular complexity index is 1290. The van der Waals surface area contributed by atoms with Crippen molar-refractivity contribution < 1.29 is 18.3 Å². The highest BCUT2D eigenvalue weighted by Gasteiger charge is 2.31. The number of nitrogens with zero attached hydrogens (tertiary/aromatic N) is 4. The molecule has 0 spiro atoms. The Morgan fingerprint density at radius 2 is 1.79 bits per heavy atom. The summed E-state index contributed by atoms with van der Waals surface area (Å²) in [6, 6.07) is 12.0. The molecule has 0 atom stereocenters. The summed E-state index contributed by atoms with van der Waals surface area (Å²) in [5.41, 5.74) is 1.39. The number of halogens is 3. The molecule has 2 N–H and O–H groups in total. The number of aliphatic hydroxyl groups excluding tert-OH is 1. The van der Waals surface area contributed by atoms with Crippen molar-refractivity contribution in [1.29, 1.82) is 0 Å². The zero-order valence-electron chi connectivity index (χ0n) is 18.5. The second kappa shape index (κ2) is 8.47. The molecule has 0 amide bonds. The molecule has 0 aliphatic heterocycles. The molecule has 2 aromatic carbocycles. The van der Waals surface area contributed by atoms with Crippen LogP contribution < -0.4 is 5.32 Å². The normalized spacial score (nSPS) is 12.3. The topological polar surface area (TPSA) is 75.9 Å². The van der Waals surface area contributed by atoms with E-state index < -0.39 is 11.7 Å². The smallest absolute Gasteiger partial charge is 0.392 e. The van der Waals surface area contributed by atoms with E-state index in [1.807, 2.05) is 0 Å². The van der Waals surface area contributed by atoms with Crippen molar-refractivity contribution in [3.63, 3.8) is 0 Å². The molecule has 2 aromatic heterocycles. The molecule has 4 aromatic rings. The number of aliphatic hydroxyl groups is 1. The molecular formula is C24H24F3N5O. The second-order valence-corrected chi connectivity index (χ2v) is 8.98. The average Bonchev–Trinajstić information content (AvgIpc) is 3.15. The molecule has 0 aliphatic rings.